The molecule has 0 spiro atoms. The maximum atomic E-state index is 13.1. The molecule has 1 aliphatic carbocycles. The van der Waals surface area contributed by atoms with Gasteiger partial charge in [-0.05, 0) is 48.2 Å². The summed E-state index contributed by atoms with van der Waals surface area (Å²) in [6.07, 6.45) is 2.43. The van der Waals surface area contributed by atoms with Crippen molar-refractivity contribution in [3.63, 3.8) is 0 Å². The molecule has 2 nitrogen and oxygen atoms in total. The second kappa shape index (κ2) is 6.04. The summed E-state index contributed by atoms with van der Waals surface area (Å²) < 4.78 is 13.1. The predicted molar refractivity (Wildman–Crippen MR) is 84.5 cm³/mol. The Morgan fingerprint density at radius 1 is 1.10 bits per heavy atom. The largest absolute Gasteiger partial charge is 0.399 e. The van der Waals surface area contributed by atoms with Gasteiger partial charge in [-0.2, -0.15) is 0 Å². The monoisotopic (exact) mass is 304 g/mol. The fourth-order valence-electron chi connectivity index (χ4n) is 2.48. The second-order valence-corrected chi connectivity index (χ2v) is 6.02. The van der Waals surface area contributed by atoms with E-state index in [2.05, 4.69) is 17.0 Å². The molecule has 1 saturated carbocycles. The molecular weight excluding hydrogens is 287 g/mol. The summed E-state index contributed by atoms with van der Waals surface area (Å²) in [7, 11) is 0. The summed E-state index contributed by atoms with van der Waals surface area (Å²) in [6.45, 7) is 1.60. The van der Waals surface area contributed by atoms with Crippen LogP contribution >= 0.6 is 11.6 Å². The third-order valence-corrected chi connectivity index (χ3v) is 4.17. The number of halogens is 2. The van der Waals surface area contributed by atoms with Crippen LogP contribution in [-0.4, -0.2) is 10.9 Å². The average molecular weight is 305 g/mol. The zero-order valence-electron chi connectivity index (χ0n) is 11.7. The lowest BCUT2D eigenvalue weighted by Gasteiger charge is -2.23. The van der Waals surface area contributed by atoms with Gasteiger partial charge in [-0.25, -0.2) is 4.39 Å². The highest BCUT2D eigenvalue weighted by Gasteiger charge is 2.29. The first-order valence-corrected chi connectivity index (χ1v) is 7.52. The lowest BCUT2D eigenvalue weighted by molar-refractivity contribution is 0.246. The first kappa shape index (κ1) is 14.4. The SMILES string of the molecule is Nc1ccc(CN(Cc2ccc(F)cc2Cl)C2CC2)cc1. The van der Waals surface area contributed by atoms with Crippen molar-refractivity contribution in [1.82, 2.24) is 4.90 Å². The van der Waals surface area contributed by atoms with Gasteiger partial charge in [0.05, 0.1) is 0 Å². The fourth-order valence-corrected chi connectivity index (χ4v) is 2.71. The summed E-state index contributed by atoms with van der Waals surface area (Å²) in [5.74, 6) is -0.291. The first-order chi connectivity index (χ1) is 10.1. The molecule has 0 heterocycles. The molecule has 21 heavy (non-hydrogen) atoms. The third-order valence-electron chi connectivity index (χ3n) is 3.82. The molecule has 0 unspecified atom stereocenters. The fraction of sp³-hybridized carbons (Fsp3) is 0.294. The maximum Gasteiger partial charge on any atom is 0.124 e. The van der Waals surface area contributed by atoms with Gasteiger partial charge in [-0.3, -0.25) is 4.90 Å². The Hall–Kier alpha value is -1.58. The van der Waals surface area contributed by atoms with Gasteiger partial charge in [0, 0.05) is 29.8 Å². The van der Waals surface area contributed by atoms with Crippen LogP contribution < -0.4 is 5.73 Å². The average Bonchev–Trinajstić information content (AvgIpc) is 3.28. The van der Waals surface area contributed by atoms with E-state index in [1.807, 2.05) is 12.1 Å². The molecule has 1 fully saturated rings. The Labute approximate surface area is 129 Å². The van der Waals surface area contributed by atoms with Gasteiger partial charge in [0.1, 0.15) is 5.82 Å². The van der Waals surface area contributed by atoms with E-state index in [0.717, 1.165) is 24.3 Å². The Morgan fingerprint density at radius 3 is 2.43 bits per heavy atom. The van der Waals surface area contributed by atoms with Gasteiger partial charge in [0.15, 0.2) is 0 Å². The molecule has 0 amide bonds. The van der Waals surface area contributed by atoms with Crippen molar-refractivity contribution in [3.8, 4) is 0 Å². The Morgan fingerprint density at radius 2 is 1.81 bits per heavy atom. The zero-order chi connectivity index (χ0) is 14.8. The molecule has 0 bridgehead atoms. The number of hydrogen-bond donors (Lipinski definition) is 1. The van der Waals surface area contributed by atoms with Crippen molar-refractivity contribution in [2.75, 3.05) is 5.73 Å². The number of rotatable bonds is 5. The van der Waals surface area contributed by atoms with E-state index in [1.165, 1.54) is 30.5 Å². The van der Waals surface area contributed by atoms with E-state index in [1.54, 1.807) is 6.07 Å². The van der Waals surface area contributed by atoms with Crippen LogP contribution in [0.25, 0.3) is 0 Å². The normalized spacial score (nSPS) is 14.6. The molecule has 2 aromatic carbocycles. The highest BCUT2D eigenvalue weighted by Crippen LogP contribution is 2.31. The van der Waals surface area contributed by atoms with Gasteiger partial charge >= 0.3 is 0 Å². The summed E-state index contributed by atoms with van der Waals surface area (Å²) in [6, 6.07) is 13.2. The summed E-state index contributed by atoms with van der Waals surface area (Å²) >= 11 is 6.14. The van der Waals surface area contributed by atoms with E-state index in [9.17, 15) is 4.39 Å². The smallest absolute Gasteiger partial charge is 0.124 e. The molecule has 1 aliphatic rings. The van der Waals surface area contributed by atoms with Crippen molar-refractivity contribution in [1.29, 1.82) is 0 Å². The molecule has 110 valence electrons. The number of benzene rings is 2. The summed E-state index contributed by atoms with van der Waals surface area (Å²) in [4.78, 5) is 2.39. The Bertz CT molecular complexity index is 623. The molecule has 3 rings (SSSR count). The topological polar surface area (TPSA) is 29.3 Å². The quantitative estimate of drug-likeness (QED) is 0.838. The Kier molecular flexibility index (Phi) is 4.13. The molecule has 2 aromatic rings. The zero-order valence-corrected chi connectivity index (χ0v) is 12.5. The van der Waals surface area contributed by atoms with Crippen LogP contribution in [0.3, 0.4) is 0 Å². The maximum absolute atomic E-state index is 13.1. The first-order valence-electron chi connectivity index (χ1n) is 7.14. The van der Waals surface area contributed by atoms with E-state index >= 15 is 0 Å². The number of nitrogens with two attached hydrogens (primary N) is 1. The highest BCUT2D eigenvalue weighted by molar-refractivity contribution is 6.31. The third kappa shape index (κ3) is 3.74. The predicted octanol–water partition coefficient (Wildman–Crippen LogP) is 4.23. The lowest BCUT2D eigenvalue weighted by Crippen LogP contribution is -2.25. The summed E-state index contributed by atoms with van der Waals surface area (Å²) in [5, 5.41) is 0.498. The van der Waals surface area contributed by atoms with Crippen LogP contribution in [0.4, 0.5) is 10.1 Å². The van der Waals surface area contributed by atoms with E-state index < -0.39 is 0 Å². The van der Waals surface area contributed by atoms with Crippen LogP contribution in [0.5, 0.6) is 0 Å². The van der Waals surface area contributed by atoms with Gasteiger partial charge < -0.3 is 5.73 Å². The van der Waals surface area contributed by atoms with Crippen molar-refractivity contribution in [3.05, 3.63) is 64.4 Å². The van der Waals surface area contributed by atoms with Crippen LogP contribution in [0.15, 0.2) is 42.5 Å². The molecule has 0 aliphatic heterocycles. The van der Waals surface area contributed by atoms with Crippen LogP contribution in [0.2, 0.25) is 5.02 Å². The van der Waals surface area contributed by atoms with Gasteiger partial charge in [0.2, 0.25) is 0 Å². The number of anilines is 1. The molecule has 2 N–H and O–H groups in total. The standard InChI is InChI=1S/C17H18ClFN2/c18-17-9-14(19)4-3-13(17)11-21(16-7-8-16)10-12-1-5-15(20)6-2-12/h1-6,9,16H,7-8,10-11,20H2. The lowest BCUT2D eigenvalue weighted by atomic mass is 10.1. The minimum absolute atomic E-state index is 0.291. The van der Waals surface area contributed by atoms with Gasteiger partial charge in [-0.15, -0.1) is 0 Å². The molecule has 0 saturated heterocycles. The minimum Gasteiger partial charge on any atom is -0.399 e. The highest BCUT2D eigenvalue weighted by atomic mass is 35.5. The van der Waals surface area contributed by atoms with E-state index in [-0.39, 0.29) is 5.82 Å². The molecule has 0 atom stereocenters. The van der Waals surface area contributed by atoms with Gasteiger partial charge in [0.25, 0.3) is 0 Å². The number of nitrogen functional groups attached to an aromatic ring is 1. The molecule has 0 aromatic heterocycles. The number of hydrogen-bond acceptors (Lipinski definition) is 2. The van der Waals surface area contributed by atoms with Crippen molar-refractivity contribution < 1.29 is 4.39 Å². The van der Waals surface area contributed by atoms with Crippen molar-refractivity contribution in [2.24, 2.45) is 0 Å². The van der Waals surface area contributed by atoms with Crippen LogP contribution in [0, 0.1) is 5.82 Å². The number of nitrogens with zero attached hydrogens (tertiary/aromatic N) is 1. The van der Waals surface area contributed by atoms with Crippen LogP contribution in [0.1, 0.15) is 24.0 Å². The molecule has 4 heteroatoms. The minimum atomic E-state index is -0.291. The summed E-state index contributed by atoms with van der Waals surface area (Å²) in [5.41, 5.74) is 8.70. The Balaban J connectivity index is 1.74. The van der Waals surface area contributed by atoms with Crippen molar-refractivity contribution >= 4 is 17.3 Å². The molecular formula is C17H18ClFN2. The second-order valence-electron chi connectivity index (χ2n) is 5.61. The van der Waals surface area contributed by atoms with Crippen molar-refractivity contribution in [2.45, 2.75) is 32.0 Å². The van der Waals surface area contributed by atoms with Crippen LogP contribution in [-0.2, 0) is 13.1 Å². The van der Waals surface area contributed by atoms with Gasteiger partial charge in [-0.1, -0.05) is 29.8 Å². The molecule has 0 radical (unpaired) electrons. The van der Waals surface area contributed by atoms with E-state index in [0.29, 0.717) is 11.1 Å². The van der Waals surface area contributed by atoms with E-state index in [4.69, 9.17) is 17.3 Å².